The van der Waals surface area contributed by atoms with Gasteiger partial charge >= 0.3 is 0 Å². The molecule has 1 fully saturated rings. The Bertz CT molecular complexity index is 447. The molecule has 4 nitrogen and oxygen atoms in total. The third kappa shape index (κ3) is 3.20. The SMILES string of the molecule is CN(C(=O)COc1cc(F)cc(CN)c1)C1CC1. The van der Waals surface area contributed by atoms with Crippen molar-refractivity contribution < 1.29 is 13.9 Å². The molecule has 0 heterocycles. The van der Waals surface area contributed by atoms with Crippen LogP contribution in [0.15, 0.2) is 18.2 Å². The van der Waals surface area contributed by atoms with Gasteiger partial charge in [-0.1, -0.05) is 0 Å². The van der Waals surface area contributed by atoms with Gasteiger partial charge in [0.2, 0.25) is 0 Å². The van der Waals surface area contributed by atoms with Crippen LogP contribution in [-0.2, 0) is 11.3 Å². The molecular weight excluding hydrogens is 235 g/mol. The third-order valence-electron chi connectivity index (χ3n) is 3.02. The number of hydrogen-bond donors (Lipinski definition) is 1. The molecule has 0 aromatic heterocycles. The first-order valence-electron chi connectivity index (χ1n) is 5.98. The van der Waals surface area contributed by atoms with Crippen molar-refractivity contribution in [3.63, 3.8) is 0 Å². The summed E-state index contributed by atoms with van der Waals surface area (Å²) in [7, 11) is 1.76. The standard InChI is InChI=1S/C13H17FN2O2/c1-16(11-2-3-11)13(17)8-18-12-5-9(7-15)4-10(14)6-12/h4-6,11H,2-3,7-8,15H2,1H3. The number of ether oxygens (including phenoxy) is 1. The lowest BCUT2D eigenvalue weighted by atomic mass is 10.2. The number of rotatable bonds is 5. The van der Waals surface area contributed by atoms with E-state index in [4.69, 9.17) is 10.5 Å². The number of benzene rings is 1. The van der Waals surface area contributed by atoms with Crippen LogP contribution in [0.5, 0.6) is 5.75 Å². The number of carbonyl (C=O) groups excluding carboxylic acids is 1. The summed E-state index contributed by atoms with van der Waals surface area (Å²) in [6.45, 7) is 0.171. The van der Waals surface area contributed by atoms with Gasteiger partial charge in [-0.3, -0.25) is 4.79 Å². The molecule has 1 aromatic carbocycles. The summed E-state index contributed by atoms with van der Waals surface area (Å²) in [5.74, 6) is -0.153. The molecule has 2 N–H and O–H groups in total. The molecule has 1 aromatic rings. The fraction of sp³-hybridized carbons (Fsp3) is 0.462. The van der Waals surface area contributed by atoms with Gasteiger partial charge in [-0.05, 0) is 30.5 Å². The summed E-state index contributed by atoms with van der Waals surface area (Å²) in [6.07, 6.45) is 2.11. The summed E-state index contributed by atoms with van der Waals surface area (Å²) < 4.78 is 18.5. The van der Waals surface area contributed by atoms with Crippen molar-refractivity contribution in [2.24, 2.45) is 5.73 Å². The quantitative estimate of drug-likeness (QED) is 0.859. The summed E-state index contributed by atoms with van der Waals surface area (Å²) in [6, 6.07) is 4.61. The number of nitrogens with zero attached hydrogens (tertiary/aromatic N) is 1. The average molecular weight is 252 g/mol. The van der Waals surface area contributed by atoms with Crippen LogP contribution in [0.1, 0.15) is 18.4 Å². The Labute approximate surface area is 106 Å². The topological polar surface area (TPSA) is 55.6 Å². The minimum Gasteiger partial charge on any atom is -0.484 e. The maximum atomic E-state index is 13.2. The van der Waals surface area contributed by atoms with E-state index >= 15 is 0 Å². The van der Waals surface area contributed by atoms with Crippen LogP contribution in [-0.4, -0.2) is 30.5 Å². The first-order chi connectivity index (χ1) is 8.60. The normalized spacial score (nSPS) is 14.4. The van der Waals surface area contributed by atoms with Gasteiger partial charge in [0.05, 0.1) is 0 Å². The lowest BCUT2D eigenvalue weighted by molar-refractivity contribution is -0.132. The Kier molecular flexibility index (Phi) is 3.81. The molecule has 2 rings (SSSR count). The summed E-state index contributed by atoms with van der Waals surface area (Å²) in [5, 5.41) is 0. The number of hydrogen-bond acceptors (Lipinski definition) is 3. The number of amides is 1. The largest absolute Gasteiger partial charge is 0.484 e. The third-order valence-corrected chi connectivity index (χ3v) is 3.02. The van der Waals surface area contributed by atoms with Crippen LogP contribution in [0.3, 0.4) is 0 Å². The van der Waals surface area contributed by atoms with Crippen LogP contribution in [0.2, 0.25) is 0 Å². The minimum atomic E-state index is -0.407. The fourth-order valence-corrected chi connectivity index (χ4v) is 1.73. The molecule has 0 aliphatic heterocycles. The smallest absolute Gasteiger partial charge is 0.260 e. The van der Waals surface area contributed by atoms with E-state index in [1.165, 1.54) is 12.1 Å². The Morgan fingerprint density at radius 3 is 2.83 bits per heavy atom. The summed E-state index contributed by atoms with van der Waals surface area (Å²) >= 11 is 0. The molecule has 0 spiro atoms. The van der Waals surface area contributed by atoms with Gasteiger partial charge in [-0.2, -0.15) is 0 Å². The molecule has 5 heteroatoms. The van der Waals surface area contributed by atoms with Gasteiger partial charge in [-0.25, -0.2) is 4.39 Å². The summed E-state index contributed by atoms with van der Waals surface area (Å²) in [4.78, 5) is 13.4. The van der Waals surface area contributed by atoms with Crippen molar-refractivity contribution in [1.82, 2.24) is 4.90 Å². The van der Waals surface area contributed by atoms with Crippen LogP contribution in [0, 0.1) is 5.82 Å². The highest BCUT2D eigenvalue weighted by Gasteiger charge is 2.29. The molecule has 0 unspecified atom stereocenters. The zero-order valence-electron chi connectivity index (χ0n) is 10.4. The predicted octanol–water partition coefficient (Wildman–Crippen LogP) is 1.28. The van der Waals surface area contributed by atoms with E-state index in [0.717, 1.165) is 12.8 Å². The van der Waals surface area contributed by atoms with Gasteiger partial charge in [0.25, 0.3) is 5.91 Å². The Morgan fingerprint density at radius 2 is 2.22 bits per heavy atom. The molecule has 0 atom stereocenters. The molecule has 1 saturated carbocycles. The van der Waals surface area contributed by atoms with Crippen LogP contribution >= 0.6 is 0 Å². The van der Waals surface area contributed by atoms with Crippen molar-refractivity contribution in [3.8, 4) is 5.75 Å². The van der Waals surface area contributed by atoms with Crippen molar-refractivity contribution >= 4 is 5.91 Å². The molecule has 98 valence electrons. The van der Waals surface area contributed by atoms with Crippen LogP contribution < -0.4 is 10.5 Å². The number of likely N-dealkylation sites (N-methyl/N-ethyl adjacent to an activating group) is 1. The monoisotopic (exact) mass is 252 g/mol. The maximum absolute atomic E-state index is 13.2. The van der Waals surface area contributed by atoms with Crippen molar-refractivity contribution in [1.29, 1.82) is 0 Å². The molecule has 1 aliphatic carbocycles. The Morgan fingerprint density at radius 1 is 1.50 bits per heavy atom. The van der Waals surface area contributed by atoms with E-state index in [1.54, 1.807) is 18.0 Å². The van der Waals surface area contributed by atoms with Crippen LogP contribution in [0.25, 0.3) is 0 Å². The van der Waals surface area contributed by atoms with E-state index in [9.17, 15) is 9.18 Å². The van der Waals surface area contributed by atoms with Crippen molar-refractivity contribution in [3.05, 3.63) is 29.6 Å². The average Bonchev–Trinajstić information content (AvgIpc) is 3.18. The molecule has 1 aliphatic rings. The number of nitrogens with two attached hydrogens (primary N) is 1. The molecule has 1 amide bonds. The zero-order chi connectivity index (χ0) is 13.1. The van der Waals surface area contributed by atoms with Gasteiger partial charge in [0, 0.05) is 25.7 Å². The Balaban J connectivity index is 1.92. The first-order valence-corrected chi connectivity index (χ1v) is 5.98. The highest BCUT2D eigenvalue weighted by molar-refractivity contribution is 5.78. The Hall–Kier alpha value is -1.62. The number of halogens is 1. The summed E-state index contributed by atoms with van der Waals surface area (Å²) in [5.41, 5.74) is 6.09. The second-order valence-electron chi connectivity index (χ2n) is 4.52. The molecule has 0 bridgehead atoms. The molecule has 18 heavy (non-hydrogen) atoms. The van der Waals surface area contributed by atoms with Gasteiger partial charge < -0.3 is 15.4 Å². The van der Waals surface area contributed by atoms with E-state index in [0.29, 0.717) is 17.4 Å². The zero-order valence-corrected chi connectivity index (χ0v) is 10.4. The second-order valence-corrected chi connectivity index (χ2v) is 4.52. The van der Waals surface area contributed by atoms with Crippen molar-refractivity contribution in [2.45, 2.75) is 25.4 Å². The van der Waals surface area contributed by atoms with Crippen molar-refractivity contribution in [2.75, 3.05) is 13.7 Å². The van der Waals surface area contributed by atoms with E-state index in [2.05, 4.69) is 0 Å². The van der Waals surface area contributed by atoms with E-state index < -0.39 is 5.82 Å². The minimum absolute atomic E-state index is 0.0690. The first kappa shape index (κ1) is 12.8. The van der Waals surface area contributed by atoms with Gasteiger partial charge in [-0.15, -0.1) is 0 Å². The fourth-order valence-electron chi connectivity index (χ4n) is 1.73. The van der Waals surface area contributed by atoms with E-state index in [-0.39, 0.29) is 19.1 Å². The lowest BCUT2D eigenvalue weighted by Crippen LogP contribution is -2.33. The molecule has 0 saturated heterocycles. The second kappa shape index (κ2) is 5.35. The van der Waals surface area contributed by atoms with Gasteiger partial charge in [0.15, 0.2) is 6.61 Å². The highest BCUT2D eigenvalue weighted by Crippen LogP contribution is 2.25. The molecular formula is C13H17FN2O2. The van der Waals surface area contributed by atoms with Crippen LogP contribution in [0.4, 0.5) is 4.39 Å². The van der Waals surface area contributed by atoms with E-state index in [1.807, 2.05) is 0 Å². The lowest BCUT2D eigenvalue weighted by Gasteiger charge is -2.16. The number of carbonyl (C=O) groups is 1. The van der Waals surface area contributed by atoms with Gasteiger partial charge in [0.1, 0.15) is 11.6 Å². The molecule has 0 radical (unpaired) electrons. The maximum Gasteiger partial charge on any atom is 0.260 e. The predicted molar refractivity (Wildman–Crippen MR) is 65.6 cm³/mol. The highest BCUT2D eigenvalue weighted by atomic mass is 19.1.